The minimum atomic E-state index is -0.119. The number of fused-ring (bicyclic) bond motifs is 1. The van der Waals surface area contributed by atoms with E-state index in [4.69, 9.17) is 23.9 Å². The van der Waals surface area contributed by atoms with E-state index in [1.807, 2.05) is 49.4 Å². The molecule has 2 aliphatic rings. The molecular weight excluding hydrogens is 420 g/mol. The van der Waals surface area contributed by atoms with Crippen molar-refractivity contribution in [3.8, 4) is 17.2 Å². The summed E-state index contributed by atoms with van der Waals surface area (Å²) in [6, 6.07) is 13.8. The summed E-state index contributed by atoms with van der Waals surface area (Å²) in [4.78, 5) is 11.5. The molecule has 0 aliphatic carbocycles. The molecule has 1 atom stereocenters. The van der Waals surface area contributed by atoms with Crippen LogP contribution in [0.5, 0.6) is 17.2 Å². The summed E-state index contributed by atoms with van der Waals surface area (Å²) in [6.45, 7) is 6.04. The summed E-state index contributed by atoms with van der Waals surface area (Å²) in [5, 5.41) is 3.36. The van der Waals surface area contributed by atoms with Crippen LogP contribution < -0.4 is 19.5 Å². The van der Waals surface area contributed by atoms with Crippen molar-refractivity contribution in [3.63, 3.8) is 0 Å². The van der Waals surface area contributed by atoms with Crippen molar-refractivity contribution >= 4 is 11.5 Å². The molecule has 1 saturated heterocycles. The number of nitrogens with one attached hydrogen (secondary N) is 1. The second-order valence-electron chi connectivity index (χ2n) is 8.16. The molecule has 0 bridgehead atoms. The Kier molecular flexibility index (Phi) is 6.28. The van der Waals surface area contributed by atoms with Crippen LogP contribution in [0, 0.1) is 6.92 Å². The first-order valence-corrected chi connectivity index (χ1v) is 11.1. The highest BCUT2D eigenvalue weighted by Crippen LogP contribution is 2.37. The van der Waals surface area contributed by atoms with E-state index in [0.717, 1.165) is 65.3 Å². The van der Waals surface area contributed by atoms with Crippen LogP contribution in [0.4, 0.5) is 11.5 Å². The van der Waals surface area contributed by atoms with Crippen LogP contribution in [0.2, 0.25) is 0 Å². The van der Waals surface area contributed by atoms with E-state index in [1.165, 1.54) is 0 Å². The Bertz CT molecular complexity index is 1110. The number of hydrogen-bond acceptors (Lipinski definition) is 8. The van der Waals surface area contributed by atoms with Crippen molar-refractivity contribution in [3.05, 3.63) is 65.6 Å². The monoisotopic (exact) mass is 448 g/mol. The molecule has 1 aromatic carbocycles. The average molecular weight is 449 g/mol. The van der Waals surface area contributed by atoms with E-state index in [0.29, 0.717) is 19.8 Å². The zero-order valence-corrected chi connectivity index (χ0v) is 18.9. The standard InChI is InChI=1S/C25H28N4O4/c1-17-11-19(28-25-5-3-4-6-26-25)13-20(27-17)24-16-29(7-8-31-24)15-18-12-22-23(14-21(18)30-2)33-10-9-32-22/h3-6,11-14,24H,7-10,15-16H2,1-2H3,(H,26,27,28). The fraction of sp³-hybridized carbons (Fsp3) is 0.360. The molecule has 5 rings (SSSR count). The number of methoxy groups -OCH3 is 1. The van der Waals surface area contributed by atoms with Gasteiger partial charge >= 0.3 is 0 Å². The van der Waals surface area contributed by atoms with Crippen LogP contribution >= 0.6 is 0 Å². The third-order valence-electron chi connectivity index (χ3n) is 5.73. The second-order valence-corrected chi connectivity index (χ2v) is 8.16. The van der Waals surface area contributed by atoms with Crippen molar-refractivity contribution in [2.45, 2.75) is 19.6 Å². The smallest absolute Gasteiger partial charge is 0.165 e. The summed E-state index contributed by atoms with van der Waals surface area (Å²) < 4.78 is 23.2. The first-order valence-electron chi connectivity index (χ1n) is 11.1. The third-order valence-corrected chi connectivity index (χ3v) is 5.73. The van der Waals surface area contributed by atoms with Gasteiger partial charge in [-0.1, -0.05) is 6.07 Å². The second kappa shape index (κ2) is 9.64. The third kappa shape index (κ3) is 5.02. The van der Waals surface area contributed by atoms with Crippen molar-refractivity contribution in [1.82, 2.24) is 14.9 Å². The number of aromatic nitrogens is 2. The number of nitrogens with zero attached hydrogens (tertiary/aromatic N) is 3. The number of aryl methyl sites for hydroxylation is 1. The SMILES string of the molecule is COc1cc2c(cc1CN1CCOC(c3cc(Nc4ccccn4)cc(C)n3)C1)OCCO2. The lowest BCUT2D eigenvalue weighted by Crippen LogP contribution is -2.38. The van der Waals surface area contributed by atoms with Gasteiger partial charge in [-0.25, -0.2) is 4.98 Å². The zero-order chi connectivity index (χ0) is 22.6. The Morgan fingerprint density at radius 1 is 1.09 bits per heavy atom. The quantitative estimate of drug-likeness (QED) is 0.609. The number of hydrogen-bond donors (Lipinski definition) is 1. The number of morpholine rings is 1. The molecule has 172 valence electrons. The molecule has 0 radical (unpaired) electrons. The lowest BCUT2D eigenvalue weighted by molar-refractivity contribution is -0.0352. The predicted octanol–water partition coefficient (Wildman–Crippen LogP) is 3.88. The molecule has 8 nitrogen and oxygen atoms in total. The lowest BCUT2D eigenvalue weighted by Gasteiger charge is -2.33. The molecule has 3 aromatic rings. The Balaban J connectivity index is 1.32. The maximum Gasteiger partial charge on any atom is 0.165 e. The highest BCUT2D eigenvalue weighted by Gasteiger charge is 2.25. The normalized spacial score (nSPS) is 18.1. The van der Waals surface area contributed by atoms with Gasteiger partial charge in [-0.15, -0.1) is 0 Å². The van der Waals surface area contributed by atoms with Crippen LogP contribution in [0.25, 0.3) is 0 Å². The highest BCUT2D eigenvalue weighted by atomic mass is 16.6. The number of benzene rings is 1. The molecule has 1 N–H and O–H groups in total. The number of ether oxygens (including phenoxy) is 4. The summed E-state index contributed by atoms with van der Waals surface area (Å²) in [6.07, 6.45) is 1.65. The van der Waals surface area contributed by atoms with Crippen LogP contribution in [-0.2, 0) is 11.3 Å². The molecule has 33 heavy (non-hydrogen) atoms. The van der Waals surface area contributed by atoms with Crippen molar-refractivity contribution in [1.29, 1.82) is 0 Å². The van der Waals surface area contributed by atoms with Crippen LogP contribution in [0.3, 0.4) is 0 Å². The molecule has 2 aliphatic heterocycles. The van der Waals surface area contributed by atoms with E-state index in [-0.39, 0.29) is 6.10 Å². The summed E-state index contributed by atoms with van der Waals surface area (Å²) in [5.41, 5.74) is 3.86. The molecular formula is C25H28N4O4. The Morgan fingerprint density at radius 2 is 1.94 bits per heavy atom. The van der Waals surface area contributed by atoms with Crippen molar-refractivity contribution < 1.29 is 18.9 Å². The molecule has 8 heteroatoms. The van der Waals surface area contributed by atoms with E-state index < -0.39 is 0 Å². The maximum absolute atomic E-state index is 6.12. The zero-order valence-electron chi connectivity index (χ0n) is 18.9. The van der Waals surface area contributed by atoms with Gasteiger partial charge in [-0.05, 0) is 37.3 Å². The van der Waals surface area contributed by atoms with Gasteiger partial charge in [0.15, 0.2) is 11.5 Å². The number of rotatable bonds is 6. The average Bonchev–Trinajstić information content (AvgIpc) is 2.84. The Hall–Kier alpha value is -3.36. The molecule has 0 saturated carbocycles. The molecule has 4 heterocycles. The minimum absolute atomic E-state index is 0.119. The summed E-state index contributed by atoms with van der Waals surface area (Å²) >= 11 is 0. The van der Waals surface area contributed by atoms with Gasteiger partial charge in [-0.2, -0.15) is 0 Å². The van der Waals surface area contributed by atoms with Gasteiger partial charge < -0.3 is 24.3 Å². The Labute approximate surface area is 193 Å². The molecule has 1 fully saturated rings. The summed E-state index contributed by atoms with van der Waals surface area (Å²) in [5.74, 6) is 3.11. The van der Waals surface area contributed by atoms with E-state index in [2.05, 4.69) is 15.2 Å². The maximum atomic E-state index is 6.12. The van der Waals surface area contributed by atoms with Crippen molar-refractivity contribution in [2.24, 2.45) is 0 Å². The Morgan fingerprint density at radius 3 is 2.73 bits per heavy atom. The van der Waals surface area contributed by atoms with E-state index >= 15 is 0 Å². The highest BCUT2D eigenvalue weighted by molar-refractivity contribution is 5.57. The molecule has 0 spiro atoms. The fourth-order valence-corrected chi connectivity index (χ4v) is 4.21. The van der Waals surface area contributed by atoms with Gasteiger partial charge in [0.2, 0.25) is 0 Å². The molecule has 0 amide bonds. The van der Waals surface area contributed by atoms with Gasteiger partial charge in [0.25, 0.3) is 0 Å². The fourth-order valence-electron chi connectivity index (χ4n) is 4.21. The van der Waals surface area contributed by atoms with Crippen LogP contribution in [-0.4, -0.2) is 54.9 Å². The molecule has 1 unspecified atom stereocenters. The van der Waals surface area contributed by atoms with Gasteiger partial charge in [0.05, 0.1) is 19.4 Å². The van der Waals surface area contributed by atoms with E-state index in [1.54, 1.807) is 13.3 Å². The van der Waals surface area contributed by atoms with Crippen molar-refractivity contribution in [2.75, 3.05) is 45.3 Å². The van der Waals surface area contributed by atoms with Crippen LogP contribution in [0.15, 0.2) is 48.7 Å². The molecule has 2 aromatic heterocycles. The van der Waals surface area contributed by atoms with E-state index in [9.17, 15) is 0 Å². The topological polar surface area (TPSA) is 78.0 Å². The first-order chi connectivity index (χ1) is 16.2. The van der Waals surface area contributed by atoms with Crippen LogP contribution in [0.1, 0.15) is 23.1 Å². The first kappa shape index (κ1) is 21.5. The minimum Gasteiger partial charge on any atom is -0.496 e. The lowest BCUT2D eigenvalue weighted by atomic mass is 10.1. The largest absolute Gasteiger partial charge is 0.496 e. The number of anilines is 2. The predicted molar refractivity (Wildman–Crippen MR) is 124 cm³/mol. The summed E-state index contributed by atoms with van der Waals surface area (Å²) in [7, 11) is 1.68. The van der Waals surface area contributed by atoms with Gasteiger partial charge in [0, 0.05) is 48.8 Å². The van der Waals surface area contributed by atoms with Gasteiger partial charge in [0.1, 0.15) is 30.9 Å². The van der Waals surface area contributed by atoms with Gasteiger partial charge in [-0.3, -0.25) is 9.88 Å². The number of pyridine rings is 2.